The minimum atomic E-state index is 0.618. The van der Waals surface area contributed by atoms with Crippen LogP contribution >= 0.6 is 11.3 Å². The van der Waals surface area contributed by atoms with Crippen molar-refractivity contribution < 1.29 is 4.74 Å². The standard InChI is InChI=1S/C17H22N2OS/c1-20-11-12-7-9-13(10-8-12)15-16(18)21-17(19-15)14-5-3-2-4-6-14/h7-10,14H,2-6,11,18H2,1H3. The molecule has 1 heterocycles. The molecule has 21 heavy (non-hydrogen) atoms. The van der Waals surface area contributed by atoms with Crippen LogP contribution in [-0.4, -0.2) is 12.1 Å². The number of hydrogen-bond acceptors (Lipinski definition) is 4. The number of methoxy groups -OCH3 is 1. The van der Waals surface area contributed by atoms with E-state index in [-0.39, 0.29) is 0 Å². The smallest absolute Gasteiger partial charge is 0.114 e. The maximum absolute atomic E-state index is 6.21. The molecular weight excluding hydrogens is 280 g/mol. The summed E-state index contributed by atoms with van der Waals surface area (Å²) < 4.78 is 5.14. The highest BCUT2D eigenvalue weighted by molar-refractivity contribution is 7.16. The van der Waals surface area contributed by atoms with Gasteiger partial charge in [0.15, 0.2) is 0 Å². The van der Waals surface area contributed by atoms with Crippen molar-refractivity contribution in [1.29, 1.82) is 0 Å². The summed E-state index contributed by atoms with van der Waals surface area (Å²) in [6, 6.07) is 8.34. The third kappa shape index (κ3) is 3.27. The number of nitrogens with two attached hydrogens (primary N) is 1. The van der Waals surface area contributed by atoms with Crippen LogP contribution in [-0.2, 0) is 11.3 Å². The van der Waals surface area contributed by atoms with Crippen molar-refractivity contribution in [3.63, 3.8) is 0 Å². The number of nitrogens with zero attached hydrogens (tertiary/aromatic N) is 1. The fourth-order valence-corrected chi connectivity index (χ4v) is 4.03. The largest absolute Gasteiger partial charge is 0.389 e. The zero-order valence-corrected chi connectivity index (χ0v) is 13.3. The van der Waals surface area contributed by atoms with E-state index in [0.717, 1.165) is 16.3 Å². The summed E-state index contributed by atoms with van der Waals surface area (Å²) in [5.41, 5.74) is 9.43. The zero-order chi connectivity index (χ0) is 14.7. The highest BCUT2D eigenvalue weighted by Gasteiger charge is 2.21. The number of hydrogen-bond donors (Lipinski definition) is 1. The molecule has 1 aromatic heterocycles. The molecular formula is C17H22N2OS. The summed E-state index contributed by atoms with van der Waals surface area (Å²) in [7, 11) is 1.71. The maximum atomic E-state index is 6.21. The first-order valence-electron chi connectivity index (χ1n) is 7.62. The summed E-state index contributed by atoms with van der Waals surface area (Å²) in [5.74, 6) is 0.618. The second-order valence-corrected chi connectivity index (χ2v) is 6.79. The summed E-state index contributed by atoms with van der Waals surface area (Å²) >= 11 is 1.67. The van der Waals surface area contributed by atoms with Crippen molar-refractivity contribution in [3.05, 3.63) is 34.8 Å². The predicted molar refractivity (Wildman–Crippen MR) is 88.5 cm³/mol. The number of benzene rings is 1. The molecule has 0 atom stereocenters. The second kappa shape index (κ2) is 6.58. The molecule has 3 nitrogen and oxygen atoms in total. The molecule has 1 aliphatic rings. The van der Waals surface area contributed by atoms with Gasteiger partial charge in [-0.25, -0.2) is 4.98 Å². The van der Waals surface area contributed by atoms with Gasteiger partial charge in [0, 0.05) is 18.6 Å². The molecule has 112 valence electrons. The van der Waals surface area contributed by atoms with Gasteiger partial charge in [0.2, 0.25) is 0 Å². The van der Waals surface area contributed by atoms with Gasteiger partial charge in [0.25, 0.3) is 0 Å². The van der Waals surface area contributed by atoms with Crippen molar-refractivity contribution in [2.24, 2.45) is 0 Å². The average Bonchev–Trinajstić information content (AvgIpc) is 2.91. The van der Waals surface area contributed by atoms with Crippen molar-refractivity contribution >= 4 is 16.3 Å². The second-order valence-electron chi connectivity index (χ2n) is 5.73. The van der Waals surface area contributed by atoms with Crippen LogP contribution < -0.4 is 5.73 Å². The van der Waals surface area contributed by atoms with Gasteiger partial charge < -0.3 is 10.5 Å². The number of ether oxygens (including phenoxy) is 1. The number of rotatable bonds is 4. The van der Waals surface area contributed by atoms with E-state index < -0.39 is 0 Å². The summed E-state index contributed by atoms with van der Waals surface area (Å²) in [5, 5.41) is 2.07. The molecule has 0 amide bonds. The van der Waals surface area contributed by atoms with Crippen LogP contribution in [0.3, 0.4) is 0 Å². The lowest BCUT2D eigenvalue weighted by Gasteiger charge is -2.18. The molecule has 1 saturated carbocycles. The molecule has 2 aromatic rings. The first kappa shape index (κ1) is 14.5. The van der Waals surface area contributed by atoms with E-state index in [1.54, 1.807) is 18.4 Å². The van der Waals surface area contributed by atoms with Gasteiger partial charge in [-0.05, 0) is 18.4 Å². The Balaban J connectivity index is 1.83. The number of aromatic nitrogens is 1. The maximum Gasteiger partial charge on any atom is 0.114 e. The van der Waals surface area contributed by atoms with Gasteiger partial charge in [0.1, 0.15) is 10.7 Å². The van der Waals surface area contributed by atoms with Gasteiger partial charge in [-0.15, -0.1) is 11.3 Å². The van der Waals surface area contributed by atoms with Crippen molar-refractivity contribution in [2.75, 3.05) is 12.8 Å². The molecule has 4 heteroatoms. The summed E-state index contributed by atoms with van der Waals surface area (Å²) in [6.45, 7) is 0.639. The summed E-state index contributed by atoms with van der Waals surface area (Å²) in [4.78, 5) is 4.84. The van der Waals surface area contributed by atoms with Crippen LogP contribution in [0.15, 0.2) is 24.3 Å². The molecule has 2 N–H and O–H groups in total. The molecule has 0 unspecified atom stereocenters. The Kier molecular flexibility index (Phi) is 4.56. The fraction of sp³-hybridized carbons (Fsp3) is 0.471. The minimum Gasteiger partial charge on any atom is -0.389 e. The molecule has 0 bridgehead atoms. The van der Waals surface area contributed by atoms with Gasteiger partial charge in [-0.3, -0.25) is 0 Å². The molecule has 0 radical (unpaired) electrons. The van der Waals surface area contributed by atoms with Crippen LogP contribution in [0.5, 0.6) is 0 Å². The summed E-state index contributed by atoms with van der Waals surface area (Å²) in [6.07, 6.45) is 6.54. The molecule has 1 fully saturated rings. The lowest BCUT2D eigenvalue weighted by molar-refractivity contribution is 0.185. The topological polar surface area (TPSA) is 48.1 Å². The number of nitrogen functional groups attached to an aromatic ring is 1. The van der Waals surface area contributed by atoms with E-state index >= 15 is 0 Å². The van der Waals surface area contributed by atoms with E-state index in [1.165, 1.54) is 42.7 Å². The lowest BCUT2D eigenvalue weighted by Crippen LogP contribution is -2.03. The number of anilines is 1. The molecule has 3 rings (SSSR count). The highest BCUT2D eigenvalue weighted by Crippen LogP contribution is 2.39. The molecule has 0 spiro atoms. The highest BCUT2D eigenvalue weighted by atomic mass is 32.1. The fourth-order valence-electron chi connectivity index (χ4n) is 3.01. The Morgan fingerprint density at radius 2 is 1.90 bits per heavy atom. The van der Waals surface area contributed by atoms with E-state index in [2.05, 4.69) is 24.3 Å². The normalized spacial score (nSPS) is 16.2. The average molecular weight is 302 g/mol. The third-order valence-electron chi connectivity index (χ3n) is 4.16. The van der Waals surface area contributed by atoms with Crippen LogP contribution in [0.25, 0.3) is 11.3 Å². The van der Waals surface area contributed by atoms with E-state index in [9.17, 15) is 0 Å². The Labute approximate surface area is 130 Å². The monoisotopic (exact) mass is 302 g/mol. The molecule has 1 aromatic carbocycles. The molecule has 0 aliphatic heterocycles. The SMILES string of the molecule is COCc1ccc(-c2nc(C3CCCCC3)sc2N)cc1. The third-order valence-corrected chi connectivity index (χ3v) is 5.21. The van der Waals surface area contributed by atoms with Gasteiger partial charge >= 0.3 is 0 Å². The first-order valence-corrected chi connectivity index (χ1v) is 8.44. The van der Waals surface area contributed by atoms with Gasteiger partial charge in [0.05, 0.1) is 11.6 Å². The lowest BCUT2D eigenvalue weighted by atomic mass is 9.90. The minimum absolute atomic E-state index is 0.618. The Morgan fingerprint density at radius 1 is 1.19 bits per heavy atom. The molecule has 0 saturated heterocycles. The van der Waals surface area contributed by atoms with Crippen molar-refractivity contribution in [1.82, 2.24) is 4.98 Å². The van der Waals surface area contributed by atoms with E-state index in [4.69, 9.17) is 15.5 Å². The van der Waals surface area contributed by atoms with Gasteiger partial charge in [-0.2, -0.15) is 0 Å². The Hall–Kier alpha value is -1.39. The number of thiazole rings is 1. The van der Waals surface area contributed by atoms with Crippen molar-refractivity contribution in [3.8, 4) is 11.3 Å². The van der Waals surface area contributed by atoms with Crippen molar-refractivity contribution in [2.45, 2.75) is 44.6 Å². The van der Waals surface area contributed by atoms with Crippen LogP contribution in [0.1, 0.15) is 48.6 Å². The van der Waals surface area contributed by atoms with Gasteiger partial charge in [-0.1, -0.05) is 43.5 Å². The Morgan fingerprint density at radius 3 is 2.57 bits per heavy atom. The van der Waals surface area contributed by atoms with E-state index in [1.807, 2.05) is 0 Å². The molecule has 1 aliphatic carbocycles. The first-order chi connectivity index (χ1) is 10.3. The Bertz CT molecular complexity index is 585. The predicted octanol–water partition coefficient (Wildman–Crippen LogP) is 4.59. The van der Waals surface area contributed by atoms with Crippen LogP contribution in [0.4, 0.5) is 5.00 Å². The van der Waals surface area contributed by atoms with Crippen LogP contribution in [0, 0.1) is 0 Å². The van der Waals surface area contributed by atoms with Crippen LogP contribution in [0.2, 0.25) is 0 Å². The zero-order valence-electron chi connectivity index (χ0n) is 12.5. The quantitative estimate of drug-likeness (QED) is 0.898. The van der Waals surface area contributed by atoms with E-state index in [0.29, 0.717) is 12.5 Å².